The van der Waals surface area contributed by atoms with Crippen molar-refractivity contribution in [3.05, 3.63) is 21.7 Å². The molecule has 20 heavy (non-hydrogen) atoms. The molecule has 0 radical (unpaired) electrons. The molecule has 2 aromatic heterocycles. The topological polar surface area (TPSA) is 101 Å². The van der Waals surface area contributed by atoms with Crippen LogP contribution in [0.15, 0.2) is 11.6 Å². The summed E-state index contributed by atoms with van der Waals surface area (Å²) in [6.07, 6.45) is 3.12. The molecule has 1 aliphatic rings. The van der Waals surface area contributed by atoms with E-state index in [0.29, 0.717) is 17.9 Å². The number of aliphatic carboxylic acids is 1. The lowest BCUT2D eigenvalue weighted by atomic mass is 10.1. The number of fused-ring (bicyclic) bond motifs is 1. The van der Waals surface area contributed by atoms with Crippen LogP contribution in [0, 0.1) is 10.1 Å². The summed E-state index contributed by atoms with van der Waals surface area (Å²) in [6, 6.07) is -0.226. The molecule has 1 saturated heterocycles. The molecule has 1 aliphatic heterocycles. The first kappa shape index (κ1) is 12.9. The first-order valence-electron chi connectivity index (χ1n) is 6.16. The van der Waals surface area contributed by atoms with Gasteiger partial charge in [-0.1, -0.05) is 11.3 Å². The molecule has 8 nitrogen and oxygen atoms in total. The summed E-state index contributed by atoms with van der Waals surface area (Å²) in [5.41, 5.74) is 0. The highest BCUT2D eigenvalue weighted by molar-refractivity contribution is 7.15. The average Bonchev–Trinajstić information content (AvgIpc) is 2.99. The van der Waals surface area contributed by atoms with Crippen LogP contribution in [0.4, 0.5) is 11.6 Å². The van der Waals surface area contributed by atoms with Crippen molar-refractivity contribution in [2.75, 3.05) is 11.4 Å². The Morgan fingerprint density at radius 1 is 1.65 bits per heavy atom. The van der Waals surface area contributed by atoms with Crippen LogP contribution >= 0.6 is 11.3 Å². The molecule has 2 aromatic rings. The van der Waals surface area contributed by atoms with Crippen LogP contribution in [0.1, 0.15) is 19.3 Å². The van der Waals surface area contributed by atoms with Crippen molar-refractivity contribution < 1.29 is 14.8 Å². The van der Waals surface area contributed by atoms with Gasteiger partial charge in [0.05, 0.1) is 6.42 Å². The van der Waals surface area contributed by atoms with Crippen molar-refractivity contribution in [2.45, 2.75) is 25.3 Å². The lowest BCUT2D eigenvalue weighted by Crippen LogP contribution is -2.32. The minimum Gasteiger partial charge on any atom is -0.481 e. The van der Waals surface area contributed by atoms with Gasteiger partial charge in [-0.15, -0.1) is 0 Å². The standard InChI is InChI=1S/C11H12N4O4S/c16-8(17)6-7-2-1-3-13(7)9-10(15(18)19)14-4-5-20-11(14)12-9/h4-5,7H,1-3,6H2,(H,16,17). The Balaban J connectivity index is 2.04. The number of aromatic nitrogens is 2. The fourth-order valence-electron chi connectivity index (χ4n) is 2.65. The maximum Gasteiger partial charge on any atom is 0.373 e. The van der Waals surface area contributed by atoms with E-state index in [2.05, 4.69) is 4.98 Å². The van der Waals surface area contributed by atoms with E-state index in [1.54, 1.807) is 16.5 Å². The lowest BCUT2D eigenvalue weighted by Gasteiger charge is -2.22. The van der Waals surface area contributed by atoms with Crippen LogP contribution in [0.3, 0.4) is 0 Å². The molecule has 3 heterocycles. The second kappa shape index (κ2) is 4.75. The van der Waals surface area contributed by atoms with Crippen LogP contribution in [0.25, 0.3) is 4.96 Å². The average molecular weight is 296 g/mol. The third-order valence-electron chi connectivity index (χ3n) is 3.45. The van der Waals surface area contributed by atoms with Crippen LogP contribution in [0.2, 0.25) is 0 Å². The van der Waals surface area contributed by atoms with E-state index in [1.165, 1.54) is 15.7 Å². The Kier molecular flexibility index (Phi) is 3.05. The largest absolute Gasteiger partial charge is 0.481 e. The molecular weight excluding hydrogens is 284 g/mol. The second-order valence-corrected chi connectivity index (χ2v) is 5.53. The number of hydrogen-bond donors (Lipinski definition) is 1. The fourth-order valence-corrected chi connectivity index (χ4v) is 3.36. The van der Waals surface area contributed by atoms with Gasteiger partial charge in [0, 0.05) is 18.0 Å². The van der Waals surface area contributed by atoms with Gasteiger partial charge in [-0.3, -0.25) is 4.79 Å². The number of carbonyl (C=O) groups is 1. The van der Waals surface area contributed by atoms with Gasteiger partial charge in [-0.25, -0.2) is 0 Å². The van der Waals surface area contributed by atoms with Crippen molar-refractivity contribution in [1.82, 2.24) is 9.38 Å². The molecular formula is C11H12N4O4S. The predicted molar refractivity (Wildman–Crippen MR) is 72.3 cm³/mol. The highest BCUT2D eigenvalue weighted by Crippen LogP contribution is 2.35. The van der Waals surface area contributed by atoms with Gasteiger partial charge in [-0.05, 0) is 17.8 Å². The first-order valence-corrected chi connectivity index (χ1v) is 7.04. The number of nitrogens with zero attached hydrogens (tertiary/aromatic N) is 4. The molecule has 1 atom stereocenters. The SMILES string of the molecule is O=C(O)CC1CCCN1c1nc2sccn2c1[N+](=O)[O-]. The number of thiazole rings is 1. The van der Waals surface area contributed by atoms with E-state index >= 15 is 0 Å². The van der Waals surface area contributed by atoms with E-state index < -0.39 is 10.9 Å². The molecule has 0 aromatic carbocycles. The Hall–Kier alpha value is -2.16. The smallest absolute Gasteiger partial charge is 0.373 e. The molecule has 1 N–H and O–H groups in total. The summed E-state index contributed by atoms with van der Waals surface area (Å²) in [6.45, 7) is 0.601. The first-order chi connectivity index (χ1) is 9.58. The Morgan fingerprint density at radius 2 is 2.45 bits per heavy atom. The number of nitro groups is 1. The highest BCUT2D eigenvalue weighted by Gasteiger charge is 2.35. The Morgan fingerprint density at radius 3 is 3.15 bits per heavy atom. The molecule has 0 saturated carbocycles. The maximum atomic E-state index is 11.3. The van der Waals surface area contributed by atoms with Gasteiger partial charge in [-0.2, -0.15) is 9.38 Å². The minimum absolute atomic E-state index is 0.0255. The van der Waals surface area contributed by atoms with E-state index in [0.717, 1.165) is 6.42 Å². The molecule has 3 rings (SSSR count). The quantitative estimate of drug-likeness (QED) is 0.681. The monoisotopic (exact) mass is 296 g/mol. The summed E-state index contributed by atoms with van der Waals surface area (Å²) in [5.74, 6) is -0.699. The number of hydrogen-bond acceptors (Lipinski definition) is 6. The van der Waals surface area contributed by atoms with Gasteiger partial charge < -0.3 is 20.1 Å². The normalized spacial score (nSPS) is 18.8. The van der Waals surface area contributed by atoms with Crippen molar-refractivity contribution in [1.29, 1.82) is 0 Å². The third kappa shape index (κ3) is 1.99. The summed E-state index contributed by atoms with van der Waals surface area (Å²) in [7, 11) is 0. The lowest BCUT2D eigenvalue weighted by molar-refractivity contribution is -0.389. The van der Waals surface area contributed by atoms with E-state index in [-0.39, 0.29) is 24.1 Å². The van der Waals surface area contributed by atoms with Crippen LogP contribution in [0.5, 0.6) is 0 Å². The van der Waals surface area contributed by atoms with Gasteiger partial charge in [0.15, 0.2) is 0 Å². The molecule has 0 spiro atoms. The number of rotatable bonds is 4. The van der Waals surface area contributed by atoms with E-state index in [9.17, 15) is 14.9 Å². The maximum absolute atomic E-state index is 11.3. The summed E-state index contributed by atoms with van der Waals surface area (Å²) >= 11 is 1.32. The fraction of sp³-hybridized carbons (Fsp3) is 0.455. The van der Waals surface area contributed by atoms with Crippen LogP contribution in [-0.4, -0.2) is 38.0 Å². The second-order valence-electron chi connectivity index (χ2n) is 4.66. The number of anilines is 1. The van der Waals surface area contributed by atoms with Crippen LogP contribution in [-0.2, 0) is 4.79 Å². The van der Waals surface area contributed by atoms with Gasteiger partial charge in [0.2, 0.25) is 5.82 Å². The van der Waals surface area contributed by atoms with E-state index in [4.69, 9.17) is 5.11 Å². The van der Waals surface area contributed by atoms with Crippen molar-refractivity contribution >= 4 is 33.9 Å². The molecule has 1 fully saturated rings. The molecule has 106 valence electrons. The molecule has 0 aliphatic carbocycles. The number of carboxylic acids is 1. The Bertz CT molecular complexity index is 679. The number of imidazole rings is 1. The Labute approximate surface area is 117 Å². The van der Waals surface area contributed by atoms with Crippen molar-refractivity contribution in [2.24, 2.45) is 0 Å². The molecule has 0 bridgehead atoms. The van der Waals surface area contributed by atoms with Gasteiger partial charge in [0.25, 0.3) is 4.96 Å². The zero-order valence-electron chi connectivity index (χ0n) is 10.4. The summed E-state index contributed by atoms with van der Waals surface area (Å²) in [5, 5.41) is 22.0. The van der Waals surface area contributed by atoms with Crippen molar-refractivity contribution in [3.8, 4) is 0 Å². The third-order valence-corrected chi connectivity index (χ3v) is 4.21. The zero-order chi connectivity index (χ0) is 14.3. The van der Waals surface area contributed by atoms with Crippen LogP contribution < -0.4 is 4.90 Å². The minimum atomic E-state index is -0.898. The predicted octanol–water partition coefficient (Wildman–Crippen LogP) is 1.75. The number of carboxylic acid groups (broad SMARTS) is 1. The molecule has 9 heteroatoms. The molecule has 1 unspecified atom stereocenters. The summed E-state index contributed by atoms with van der Waals surface area (Å²) < 4.78 is 1.44. The zero-order valence-corrected chi connectivity index (χ0v) is 11.2. The van der Waals surface area contributed by atoms with Gasteiger partial charge >= 0.3 is 11.8 Å². The van der Waals surface area contributed by atoms with E-state index in [1.807, 2.05) is 0 Å². The molecule has 0 amide bonds. The summed E-state index contributed by atoms with van der Waals surface area (Å²) in [4.78, 5) is 28.3. The highest BCUT2D eigenvalue weighted by atomic mass is 32.1. The van der Waals surface area contributed by atoms with Crippen molar-refractivity contribution in [3.63, 3.8) is 0 Å². The van der Waals surface area contributed by atoms with Gasteiger partial charge in [0.1, 0.15) is 6.20 Å².